The molecule has 1 aliphatic heterocycles. The van der Waals surface area contributed by atoms with Crippen molar-refractivity contribution in [2.75, 3.05) is 11.9 Å². The second kappa shape index (κ2) is 8.09. The summed E-state index contributed by atoms with van der Waals surface area (Å²) >= 11 is 0. The summed E-state index contributed by atoms with van der Waals surface area (Å²) in [6.45, 7) is 4.19. The van der Waals surface area contributed by atoms with Crippen LogP contribution in [0.3, 0.4) is 0 Å². The van der Waals surface area contributed by atoms with Crippen molar-refractivity contribution < 1.29 is 18.3 Å². The molecular weight excluding hydrogens is 351 g/mol. The number of aliphatic hydroxyl groups excluding tert-OH is 1. The first-order valence-electron chi connectivity index (χ1n) is 9.73. The van der Waals surface area contributed by atoms with Gasteiger partial charge < -0.3 is 10.4 Å². The van der Waals surface area contributed by atoms with Crippen LogP contribution in [0.5, 0.6) is 0 Å². The Bertz CT molecular complexity index is 710. The predicted octanol–water partition coefficient (Wildman–Crippen LogP) is 5.76. The van der Waals surface area contributed by atoms with Gasteiger partial charge in [0.25, 0.3) is 0 Å². The van der Waals surface area contributed by atoms with Crippen LogP contribution in [0.25, 0.3) is 0 Å². The van der Waals surface area contributed by atoms with E-state index >= 15 is 0 Å². The number of fused-ring (bicyclic) bond motifs is 1. The normalized spacial score (nSPS) is 28.5. The van der Waals surface area contributed by atoms with Gasteiger partial charge >= 0.3 is 6.18 Å². The molecule has 0 saturated heterocycles. The summed E-state index contributed by atoms with van der Waals surface area (Å²) in [6.07, 6.45) is 6.78. The molecule has 1 heterocycles. The number of halogens is 3. The van der Waals surface area contributed by atoms with Gasteiger partial charge in [-0.05, 0) is 60.8 Å². The fourth-order valence-corrected chi connectivity index (χ4v) is 4.36. The third-order valence-electron chi connectivity index (χ3n) is 6.07. The number of hydrogen-bond donors (Lipinski definition) is 2. The number of hydrogen-bond acceptors (Lipinski definition) is 2. The maximum atomic E-state index is 13.2. The lowest BCUT2D eigenvalue weighted by molar-refractivity contribution is -0.137. The molecule has 2 nitrogen and oxygen atoms in total. The molecule has 5 heteroatoms. The summed E-state index contributed by atoms with van der Waals surface area (Å²) < 4.78 is 39.6. The first-order chi connectivity index (χ1) is 12.8. The van der Waals surface area contributed by atoms with Crippen LogP contribution in [0.4, 0.5) is 18.9 Å². The van der Waals surface area contributed by atoms with Crippen molar-refractivity contribution in [3.63, 3.8) is 0 Å². The molecule has 0 bridgehead atoms. The summed E-state index contributed by atoms with van der Waals surface area (Å²) in [4.78, 5) is 0. The van der Waals surface area contributed by atoms with Crippen molar-refractivity contribution in [2.45, 2.75) is 51.2 Å². The van der Waals surface area contributed by atoms with Crippen LogP contribution in [0.1, 0.15) is 50.2 Å². The lowest BCUT2D eigenvalue weighted by atomic mass is 9.70. The minimum Gasteiger partial charge on any atom is -0.396 e. The highest BCUT2D eigenvalue weighted by Gasteiger charge is 2.39. The number of nitrogens with one attached hydrogen (secondary N) is 1. The van der Waals surface area contributed by atoms with Crippen LogP contribution in [-0.2, 0) is 6.18 Å². The molecule has 0 amide bonds. The highest BCUT2D eigenvalue weighted by Crippen LogP contribution is 2.45. The van der Waals surface area contributed by atoms with Crippen molar-refractivity contribution in [1.29, 1.82) is 0 Å². The number of anilines is 1. The van der Waals surface area contributed by atoms with Crippen molar-refractivity contribution >= 4 is 5.69 Å². The van der Waals surface area contributed by atoms with Crippen molar-refractivity contribution in [2.24, 2.45) is 17.8 Å². The van der Waals surface area contributed by atoms with E-state index in [2.05, 4.69) is 23.5 Å². The van der Waals surface area contributed by atoms with Crippen LogP contribution in [0.2, 0.25) is 0 Å². The summed E-state index contributed by atoms with van der Waals surface area (Å²) in [6, 6.07) is 4.23. The van der Waals surface area contributed by atoms with E-state index in [1.54, 1.807) is 6.07 Å². The number of aliphatic hydroxyl groups is 1. The average Bonchev–Trinajstić information content (AvgIpc) is 2.66. The van der Waals surface area contributed by atoms with Gasteiger partial charge in [-0.15, -0.1) is 0 Å². The summed E-state index contributed by atoms with van der Waals surface area (Å²) in [5, 5.41) is 12.9. The second-order valence-corrected chi connectivity index (χ2v) is 8.00. The van der Waals surface area contributed by atoms with E-state index in [0.717, 1.165) is 30.5 Å². The molecule has 1 aromatic rings. The summed E-state index contributed by atoms with van der Waals surface area (Å²) in [5.74, 6) is 0.764. The number of allylic oxidation sites excluding steroid dienone is 3. The van der Waals surface area contributed by atoms with Gasteiger partial charge in [-0.2, -0.15) is 13.2 Å². The molecule has 0 saturated carbocycles. The van der Waals surface area contributed by atoms with Gasteiger partial charge in [0.2, 0.25) is 0 Å². The number of rotatable bonds is 5. The van der Waals surface area contributed by atoms with E-state index in [9.17, 15) is 18.3 Å². The van der Waals surface area contributed by atoms with Gasteiger partial charge in [-0.1, -0.05) is 38.2 Å². The van der Waals surface area contributed by atoms with Gasteiger partial charge in [0.1, 0.15) is 0 Å². The Morgan fingerprint density at radius 2 is 2.04 bits per heavy atom. The fourth-order valence-electron chi connectivity index (χ4n) is 4.36. The zero-order valence-corrected chi connectivity index (χ0v) is 15.8. The van der Waals surface area contributed by atoms with Crippen LogP contribution < -0.4 is 5.32 Å². The van der Waals surface area contributed by atoms with Gasteiger partial charge in [0.05, 0.1) is 5.56 Å². The molecule has 0 spiro atoms. The van der Waals surface area contributed by atoms with Crippen molar-refractivity contribution in [3.05, 3.63) is 53.6 Å². The van der Waals surface area contributed by atoms with E-state index < -0.39 is 11.7 Å². The first kappa shape index (κ1) is 20.0. The van der Waals surface area contributed by atoms with Crippen LogP contribution in [0.15, 0.2) is 42.5 Å². The Balaban J connectivity index is 1.92. The minimum absolute atomic E-state index is 0.0266. The molecule has 2 N–H and O–H groups in total. The highest BCUT2D eigenvalue weighted by atomic mass is 19.4. The molecule has 2 aliphatic rings. The molecule has 0 aromatic heterocycles. The third-order valence-corrected chi connectivity index (χ3v) is 6.07. The first-order valence-corrected chi connectivity index (χ1v) is 9.73. The monoisotopic (exact) mass is 379 g/mol. The Morgan fingerprint density at radius 1 is 1.26 bits per heavy atom. The number of benzene rings is 1. The molecule has 2 unspecified atom stereocenters. The molecular formula is C22H28F3NO. The van der Waals surface area contributed by atoms with Crippen LogP contribution in [0, 0.1) is 17.8 Å². The lowest BCUT2D eigenvalue weighted by Crippen LogP contribution is -2.42. The van der Waals surface area contributed by atoms with Crippen molar-refractivity contribution in [1.82, 2.24) is 0 Å². The maximum absolute atomic E-state index is 13.2. The summed E-state index contributed by atoms with van der Waals surface area (Å²) in [7, 11) is 0. The van der Waals surface area contributed by atoms with E-state index in [-0.39, 0.29) is 30.4 Å². The zero-order valence-electron chi connectivity index (χ0n) is 15.8. The van der Waals surface area contributed by atoms with E-state index in [1.165, 1.54) is 12.1 Å². The topological polar surface area (TPSA) is 32.3 Å². The Hall–Kier alpha value is -1.75. The van der Waals surface area contributed by atoms with E-state index in [4.69, 9.17) is 0 Å². The molecule has 27 heavy (non-hydrogen) atoms. The minimum atomic E-state index is -4.33. The molecule has 1 aliphatic carbocycles. The quantitative estimate of drug-likeness (QED) is 0.682. The largest absolute Gasteiger partial charge is 0.416 e. The molecule has 3 rings (SSSR count). The van der Waals surface area contributed by atoms with Gasteiger partial charge in [-0.3, -0.25) is 0 Å². The predicted molar refractivity (Wildman–Crippen MR) is 103 cm³/mol. The van der Waals surface area contributed by atoms with Gasteiger partial charge in [0.15, 0.2) is 0 Å². The van der Waals surface area contributed by atoms with E-state index in [1.807, 2.05) is 19.9 Å². The average molecular weight is 379 g/mol. The Kier molecular flexibility index (Phi) is 5.99. The highest BCUT2D eigenvalue weighted by molar-refractivity contribution is 5.58. The third kappa shape index (κ3) is 4.40. The second-order valence-electron chi connectivity index (χ2n) is 8.00. The smallest absolute Gasteiger partial charge is 0.396 e. The van der Waals surface area contributed by atoms with Crippen LogP contribution >= 0.6 is 0 Å². The standard InChI is InChI=1S/C22H28F3NO/c1-14(13-27)8-10-18-15(2)19-12-17(22(23,24)25)9-11-20(19)26-21(18)16-6-4-3-5-7-16/h3-6,9,11-12,14-16,18,21,26-27H,7-8,10,13H2,1-2H3/t14-,15?,16?,18-,21+/m1/s1. The van der Waals surface area contributed by atoms with Gasteiger partial charge in [0, 0.05) is 24.3 Å². The molecule has 5 atom stereocenters. The molecule has 1 aromatic carbocycles. The zero-order chi connectivity index (χ0) is 19.6. The fraction of sp³-hybridized carbons (Fsp3) is 0.545. The summed E-state index contributed by atoms with van der Waals surface area (Å²) in [5.41, 5.74) is 0.976. The SMILES string of the molecule is CC1c2cc(C(F)(F)F)ccc2N[C@@H](C2C=CC=CC2)[C@@H]1CC[C@@H](C)CO. The van der Waals surface area contributed by atoms with Crippen LogP contribution in [-0.4, -0.2) is 17.8 Å². The Morgan fingerprint density at radius 3 is 2.67 bits per heavy atom. The molecule has 0 radical (unpaired) electrons. The number of alkyl halides is 3. The van der Waals surface area contributed by atoms with Gasteiger partial charge in [-0.25, -0.2) is 0 Å². The lowest BCUT2D eigenvalue weighted by Gasteiger charge is -2.43. The molecule has 0 fully saturated rings. The maximum Gasteiger partial charge on any atom is 0.416 e. The molecule has 148 valence electrons. The van der Waals surface area contributed by atoms with E-state index in [0.29, 0.717) is 5.92 Å². The Labute approximate surface area is 159 Å². The van der Waals surface area contributed by atoms with Crippen molar-refractivity contribution in [3.8, 4) is 0 Å².